The molecule has 0 atom stereocenters. The van der Waals surface area contributed by atoms with E-state index >= 15 is 0 Å². The Bertz CT molecular complexity index is 616. The predicted octanol–water partition coefficient (Wildman–Crippen LogP) is 4.58. The highest BCUT2D eigenvalue weighted by Crippen LogP contribution is 2.38. The molecule has 0 aromatic heterocycles. The van der Waals surface area contributed by atoms with Crippen molar-refractivity contribution in [1.29, 1.82) is 0 Å². The van der Waals surface area contributed by atoms with E-state index in [1.54, 1.807) is 13.8 Å². The van der Waals surface area contributed by atoms with Crippen LogP contribution in [0, 0.1) is 0 Å². The van der Waals surface area contributed by atoms with Gasteiger partial charge in [0.05, 0.1) is 11.1 Å². The summed E-state index contributed by atoms with van der Waals surface area (Å²) in [6.07, 6.45) is -9.96. The van der Waals surface area contributed by atoms with E-state index in [1.807, 2.05) is 0 Å². The summed E-state index contributed by atoms with van der Waals surface area (Å²) in [6, 6.07) is -0.0279. The van der Waals surface area contributed by atoms with Crippen molar-refractivity contribution in [2.24, 2.45) is 15.7 Å². The maximum atomic E-state index is 12.8. The molecular weight excluding hydrogens is 408 g/mol. The van der Waals surface area contributed by atoms with Crippen LogP contribution < -0.4 is 10.5 Å². The Morgan fingerprint density at radius 1 is 1.04 bits per heavy atom. The second-order valence-corrected chi connectivity index (χ2v) is 5.60. The van der Waals surface area contributed by atoms with Gasteiger partial charge in [0.15, 0.2) is 4.74 Å². The van der Waals surface area contributed by atoms with Gasteiger partial charge >= 0.3 is 18.4 Å². The van der Waals surface area contributed by atoms with E-state index in [-0.39, 0.29) is 16.9 Å². The fourth-order valence-electron chi connectivity index (χ4n) is 1.48. The molecule has 134 valence electrons. The van der Waals surface area contributed by atoms with E-state index in [9.17, 15) is 26.3 Å². The van der Waals surface area contributed by atoms with Crippen LogP contribution in [0.3, 0.4) is 0 Å². The number of halogens is 7. The van der Waals surface area contributed by atoms with Crippen molar-refractivity contribution in [2.45, 2.75) is 32.2 Å². The average molecular weight is 420 g/mol. The zero-order valence-electron chi connectivity index (χ0n) is 12.3. The second kappa shape index (κ2) is 7.41. The molecule has 24 heavy (non-hydrogen) atoms. The molecule has 0 heterocycles. The average Bonchev–Trinajstić information content (AvgIpc) is 2.34. The van der Waals surface area contributed by atoms with E-state index in [1.165, 1.54) is 0 Å². The van der Waals surface area contributed by atoms with Crippen molar-refractivity contribution in [2.75, 3.05) is 0 Å². The molecule has 0 spiro atoms. The van der Waals surface area contributed by atoms with Gasteiger partial charge in [-0.15, -0.1) is 0 Å². The Hall–Kier alpha value is -1.78. The molecule has 0 aliphatic rings. The first kappa shape index (κ1) is 20.3. The Morgan fingerprint density at radius 3 is 1.83 bits per heavy atom. The van der Waals surface area contributed by atoms with Gasteiger partial charge in [0.25, 0.3) is 0 Å². The van der Waals surface area contributed by atoms with Crippen molar-refractivity contribution >= 4 is 26.7 Å². The van der Waals surface area contributed by atoms with Crippen LogP contribution in [0.15, 0.2) is 28.2 Å². The minimum absolute atomic E-state index is 0.00572. The van der Waals surface area contributed by atoms with Gasteiger partial charge in [-0.05, 0) is 48.0 Å². The summed E-state index contributed by atoms with van der Waals surface area (Å²) in [6.45, 7) is 3.22. The summed E-state index contributed by atoms with van der Waals surface area (Å²) < 4.78 is 81.5. The Labute approximate surface area is 141 Å². The largest absolute Gasteiger partial charge is 0.424 e. The third-order valence-electron chi connectivity index (χ3n) is 2.34. The molecule has 0 saturated heterocycles. The molecule has 0 aliphatic heterocycles. The van der Waals surface area contributed by atoms with Crippen molar-refractivity contribution < 1.29 is 31.1 Å². The van der Waals surface area contributed by atoms with Crippen LogP contribution in [0.25, 0.3) is 0 Å². The second-order valence-electron chi connectivity index (χ2n) is 4.78. The lowest BCUT2D eigenvalue weighted by Crippen LogP contribution is -2.16. The number of ether oxygens (including phenoxy) is 1. The normalized spacial score (nSPS) is 14.2. The lowest BCUT2D eigenvalue weighted by Gasteiger charge is -2.14. The van der Waals surface area contributed by atoms with Gasteiger partial charge in [0, 0.05) is 6.04 Å². The molecule has 2 N–H and O–H groups in total. The summed E-state index contributed by atoms with van der Waals surface area (Å²) in [5, 5.41) is 0. The predicted molar refractivity (Wildman–Crippen MR) is 80.2 cm³/mol. The lowest BCUT2D eigenvalue weighted by molar-refractivity contribution is -0.143. The fourth-order valence-corrected chi connectivity index (χ4v) is 1.63. The van der Waals surface area contributed by atoms with E-state index < -0.39 is 35.3 Å². The molecule has 0 aliphatic carbocycles. The van der Waals surface area contributed by atoms with Gasteiger partial charge in [-0.3, -0.25) is 0 Å². The van der Waals surface area contributed by atoms with Gasteiger partial charge in [0.1, 0.15) is 5.75 Å². The van der Waals surface area contributed by atoms with Crippen molar-refractivity contribution in [3.05, 3.63) is 29.3 Å². The molecule has 1 aromatic carbocycles. The molecule has 11 heteroatoms. The maximum absolute atomic E-state index is 12.8. The molecule has 4 nitrogen and oxygen atoms in total. The van der Waals surface area contributed by atoms with E-state index in [0.29, 0.717) is 12.1 Å². The minimum atomic E-state index is -4.98. The molecule has 1 aromatic rings. The molecule has 0 fully saturated rings. The smallest absolute Gasteiger partial charge is 0.416 e. The molecule has 0 amide bonds. The number of alkyl halides is 6. The molecule has 0 unspecified atom stereocenters. The quantitative estimate of drug-likeness (QED) is 0.330. The number of amidine groups is 2. The van der Waals surface area contributed by atoms with Gasteiger partial charge in [-0.25, -0.2) is 4.99 Å². The van der Waals surface area contributed by atoms with Gasteiger partial charge < -0.3 is 10.5 Å². The van der Waals surface area contributed by atoms with E-state index in [4.69, 9.17) is 10.5 Å². The van der Waals surface area contributed by atoms with Gasteiger partial charge in [-0.1, -0.05) is 0 Å². The maximum Gasteiger partial charge on any atom is 0.416 e. The highest BCUT2D eigenvalue weighted by Gasteiger charge is 2.37. The van der Waals surface area contributed by atoms with Crippen LogP contribution in [-0.4, -0.2) is 16.8 Å². The summed E-state index contributed by atoms with van der Waals surface area (Å²) in [5.74, 6) is -0.714. The number of hydrogen-bond acceptors (Lipinski definition) is 2. The summed E-state index contributed by atoms with van der Waals surface area (Å²) in [7, 11) is 0. The van der Waals surface area contributed by atoms with Crippen LogP contribution in [0.5, 0.6) is 5.75 Å². The van der Waals surface area contributed by atoms with Crippen LogP contribution in [-0.2, 0) is 12.4 Å². The van der Waals surface area contributed by atoms with E-state index in [2.05, 4.69) is 25.9 Å². The number of benzene rings is 1. The van der Waals surface area contributed by atoms with Crippen LogP contribution in [0.4, 0.5) is 26.3 Å². The van der Waals surface area contributed by atoms with Crippen molar-refractivity contribution in [1.82, 2.24) is 0 Å². The van der Waals surface area contributed by atoms with Crippen molar-refractivity contribution in [3.8, 4) is 5.75 Å². The standard InChI is InChI=1S/C13H12BrF6N3O/c1-6(2)22-11(23-10(14)21)24-9-4-7(12(15,16)17)3-8(5-9)13(18,19)20/h3-6H,1-2H3,(H2,21,22,23). The van der Waals surface area contributed by atoms with Crippen LogP contribution in [0.1, 0.15) is 25.0 Å². The molecule has 0 bridgehead atoms. The first-order valence-electron chi connectivity index (χ1n) is 6.34. The highest BCUT2D eigenvalue weighted by molar-refractivity contribution is 9.18. The van der Waals surface area contributed by atoms with Crippen LogP contribution >= 0.6 is 15.9 Å². The number of nitrogens with zero attached hydrogens (tertiary/aromatic N) is 2. The number of hydrogen-bond donors (Lipinski definition) is 1. The third kappa shape index (κ3) is 6.38. The topological polar surface area (TPSA) is 60.0 Å². The lowest BCUT2D eigenvalue weighted by atomic mass is 10.1. The summed E-state index contributed by atoms with van der Waals surface area (Å²) >= 11 is 2.78. The number of aliphatic imine (C=N–C) groups is 2. The molecule has 1 rings (SSSR count). The highest BCUT2D eigenvalue weighted by atomic mass is 79.9. The van der Waals surface area contributed by atoms with Gasteiger partial charge in [-0.2, -0.15) is 31.3 Å². The Morgan fingerprint density at radius 2 is 1.50 bits per heavy atom. The SMILES string of the molecule is CC(C)N=C(/N=C(\N)Br)Oc1cc(C(F)(F)F)cc(C(F)(F)F)c1. The summed E-state index contributed by atoms with van der Waals surface area (Å²) in [4.78, 5) is 7.40. The van der Waals surface area contributed by atoms with Crippen LogP contribution in [0.2, 0.25) is 0 Å². The Kier molecular flexibility index (Phi) is 6.26. The monoisotopic (exact) mass is 419 g/mol. The Balaban J connectivity index is 3.39. The summed E-state index contributed by atoms with van der Waals surface area (Å²) in [5.41, 5.74) is 2.25. The zero-order valence-corrected chi connectivity index (χ0v) is 13.9. The minimum Gasteiger partial charge on any atom is -0.424 e. The first-order valence-corrected chi connectivity index (χ1v) is 7.13. The number of rotatable bonds is 2. The van der Waals surface area contributed by atoms with E-state index in [0.717, 1.165) is 0 Å². The van der Waals surface area contributed by atoms with Crippen molar-refractivity contribution in [3.63, 3.8) is 0 Å². The fraction of sp³-hybridized carbons (Fsp3) is 0.385. The molecular formula is C13H12BrF6N3O. The molecule has 0 radical (unpaired) electrons. The first-order chi connectivity index (χ1) is 10.8. The zero-order chi connectivity index (χ0) is 18.7. The third-order valence-corrected chi connectivity index (χ3v) is 2.52. The molecule has 0 saturated carbocycles. The number of nitrogens with two attached hydrogens (primary N) is 1. The van der Waals surface area contributed by atoms with Gasteiger partial charge in [0.2, 0.25) is 0 Å².